The number of anilines is 1. The van der Waals surface area contributed by atoms with Gasteiger partial charge in [-0.25, -0.2) is 4.98 Å². The van der Waals surface area contributed by atoms with Gasteiger partial charge in [0.1, 0.15) is 10.7 Å². The summed E-state index contributed by atoms with van der Waals surface area (Å²) in [5.41, 5.74) is 0.573. The number of nitrogens with zero attached hydrogens (tertiary/aromatic N) is 4. The number of rotatable bonds is 4. The van der Waals surface area contributed by atoms with Gasteiger partial charge in [0.05, 0.1) is 0 Å². The second-order valence-corrected chi connectivity index (χ2v) is 8.75. The van der Waals surface area contributed by atoms with E-state index in [9.17, 15) is 4.79 Å². The summed E-state index contributed by atoms with van der Waals surface area (Å²) in [7, 11) is 0. The summed E-state index contributed by atoms with van der Waals surface area (Å²) in [6.07, 6.45) is 11.6. The smallest absolute Gasteiger partial charge is 0.271 e. The summed E-state index contributed by atoms with van der Waals surface area (Å²) in [5, 5.41) is 4.55. The molecule has 0 spiro atoms. The molecule has 2 aromatic heterocycles. The third-order valence-corrected chi connectivity index (χ3v) is 6.87. The van der Waals surface area contributed by atoms with Gasteiger partial charge in [0.15, 0.2) is 0 Å². The highest BCUT2D eigenvalue weighted by atomic mass is 35.5. The van der Waals surface area contributed by atoms with E-state index in [1.807, 2.05) is 4.57 Å². The van der Waals surface area contributed by atoms with Crippen molar-refractivity contribution in [3.05, 3.63) is 27.6 Å². The number of fused-ring (bicyclic) bond motifs is 1. The Morgan fingerprint density at radius 1 is 1.19 bits per heavy atom. The fourth-order valence-corrected chi connectivity index (χ4v) is 4.98. The van der Waals surface area contributed by atoms with Crippen molar-refractivity contribution >= 4 is 40.5 Å². The largest absolute Gasteiger partial charge is 0.351 e. The lowest BCUT2D eigenvalue weighted by Gasteiger charge is -2.30. The van der Waals surface area contributed by atoms with Crippen LogP contribution in [0.2, 0.25) is 5.02 Å². The molecule has 0 aromatic carbocycles. The fraction of sp³-hybridized carbons (Fsp3) is 0.632. The Bertz CT molecular complexity index is 859. The molecule has 1 N–H and O–H groups in total. The predicted octanol–water partition coefficient (Wildman–Crippen LogP) is 4.10. The maximum absolute atomic E-state index is 12.8. The Balaban J connectivity index is 1.64. The Morgan fingerprint density at radius 2 is 1.93 bits per heavy atom. The van der Waals surface area contributed by atoms with Crippen LogP contribution in [-0.4, -0.2) is 44.2 Å². The van der Waals surface area contributed by atoms with Crippen LogP contribution in [0.3, 0.4) is 0 Å². The molecule has 1 saturated heterocycles. The van der Waals surface area contributed by atoms with E-state index >= 15 is 0 Å². The molecule has 0 radical (unpaired) electrons. The number of hydrogen-bond acceptors (Lipinski definition) is 6. The number of piperidine rings is 1. The average molecular weight is 408 g/mol. The summed E-state index contributed by atoms with van der Waals surface area (Å²) >= 11 is 8.02. The third-order valence-electron chi connectivity index (χ3n) is 5.71. The van der Waals surface area contributed by atoms with Crippen LogP contribution in [0.25, 0.3) is 11.0 Å². The molecule has 4 rings (SSSR count). The molecule has 0 amide bonds. The molecule has 6 nitrogen and oxygen atoms in total. The molecule has 3 heterocycles. The zero-order valence-electron chi connectivity index (χ0n) is 15.7. The fourth-order valence-electron chi connectivity index (χ4n) is 4.20. The van der Waals surface area contributed by atoms with Gasteiger partial charge in [0.25, 0.3) is 5.56 Å². The molecule has 1 saturated carbocycles. The van der Waals surface area contributed by atoms with Crippen molar-refractivity contribution in [1.82, 2.24) is 18.8 Å². The molecule has 1 aliphatic heterocycles. The number of nitrogens with one attached hydrogen (secondary N) is 1. The molecule has 0 atom stereocenters. The van der Waals surface area contributed by atoms with Crippen LogP contribution in [0.4, 0.5) is 5.95 Å². The van der Waals surface area contributed by atoms with Crippen LogP contribution in [0.1, 0.15) is 51.0 Å². The van der Waals surface area contributed by atoms with Crippen molar-refractivity contribution in [2.75, 3.05) is 24.7 Å². The molecule has 27 heavy (non-hydrogen) atoms. The number of pyridine rings is 1. The number of aromatic nitrogens is 3. The second-order valence-electron chi connectivity index (χ2n) is 7.46. The van der Waals surface area contributed by atoms with Gasteiger partial charge in [-0.1, -0.05) is 42.8 Å². The van der Waals surface area contributed by atoms with Gasteiger partial charge in [0.2, 0.25) is 5.95 Å². The van der Waals surface area contributed by atoms with E-state index in [0.717, 1.165) is 57.0 Å². The van der Waals surface area contributed by atoms with Gasteiger partial charge in [-0.2, -0.15) is 4.98 Å². The van der Waals surface area contributed by atoms with Gasteiger partial charge in [-0.15, -0.1) is 0 Å². The van der Waals surface area contributed by atoms with Gasteiger partial charge in [0, 0.05) is 36.8 Å². The molecule has 1 aliphatic carbocycles. The molecule has 146 valence electrons. The van der Waals surface area contributed by atoms with Crippen molar-refractivity contribution in [3.8, 4) is 0 Å². The molecule has 0 unspecified atom stereocenters. The highest BCUT2D eigenvalue weighted by Crippen LogP contribution is 2.30. The third kappa shape index (κ3) is 4.10. The molecule has 0 bridgehead atoms. The quantitative estimate of drug-likeness (QED) is 0.769. The first-order valence-electron chi connectivity index (χ1n) is 9.79. The van der Waals surface area contributed by atoms with Crippen LogP contribution in [-0.2, 0) is 0 Å². The molecular weight excluding hydrogens is 382 g/mol. The van der Waals surface area contributed by atoms with E-state index in [4.69, 9.17) is 16.6 Å². The zero-order chi connectivity index (χ0) is 18.8. The van der Waals surface area contributed by atoms with E-state index in [1.165, 1.54) is 6.42 Å². The standard InChI is InChI=1S/C19H26ClN5OS/c1-27-24-9-7-14(8-10-24)22-19-21-12-13-11-16(20)18(26)25(17(13)23-19)15-5-3-2-4-6-15/h11-12,14-15H,2-10H2,1H3,(H,21,22,23). The van der Waals surface area contributed by atoms with Crippen LogP contribution in [0, 0.1) is 0 Å². The summed E-state index contributed by atoms with van der Waals surface area (Å²) in [6.45, 7) is 2.13. The van der Waals surface area contributed by atoms with Crippen LogP contribution >= 0.6 is 23.5 Å². The molecule has 2 aliphatic rings. The van der Waals surface area contributed by atoms with Crippen LogP contribution in [0.5, 0.6) is 0 Å². The molecule has 2 fully saturated rings. The SMILES string of the molecule is CSN1CCC(Nc2ncc3cc(Cl)c(=O)n(C4CCCCC4)c3n2)CC1. The number of halogens is 1. The van der Waals surface area contributed by atoms with Gasteiger partial charge >= 0.3 is 0 Å². The zero-order valence-corrected chi connectivity index (χ0v) is 17.2. The first-order chi connectivity index (χ1) is 13.2. The normalized spacial score (nSPS) is 20.2. The minimum atomic E-state index is -0.131. The summed E-state index contributed by atoms with van der Waals surface area (Å²) < 4.78 is 4.20. The van der Waals surface area contributed by atoms with E-state index < -0.39 is 0 Å². The lowest BCUT2D eigenvalue weighted by molar-refractivity contribution is 0.352. The monoisotopic (exact) mass is 407 g/mol. The van der Waals surface area contributed by atoms with Crippen molar-refractivity contribution in [2.24, 2.45) is 0 Å². The lowest BCUT2D eigenvalue weighted by atomic mass is 9.95. The van der Waals surface area contributed by atoms with Crippen molar-refractivity contribution < 1.29 is 0 Å². The van der Waals surface area contributed by atoms with Crippen molar-refractivity contribution in [1.29, 1.82) is 0 Å². The molecule has 2 aromatic rings. The van der Waals surface area contributed by atoms with Gasteiger partial charge in [-0.05, 0) is 38.0 Å². The van der Waals surface area contributed by atoms with E-state index in [1.54, 1.807) is 24.2 Å². The Labute approximate surface area is 168 Å². The first kappa shape index (κ1) is 19.0. The summed E-state index contributed by atoms with van der Waals surface area (Å²) in [5.74, 6) is 0.608. The summed E-state index contributed by atoms with van der Waals surface area (Å²) in [4.78, 5) is 22.0. The predicted molar refractivity (Wildman–Crippen MR) is 113 cm³/mol. The number of hydrogen-bond donors (Lipinski definition) is 1. The Morgan fingerprint density at radius 3 is 2.63 bits per heavy atom. The topological polar surface area (TPSA) is 63.1 Å². The Kier molecular flexibility index (Phi) is 5.90. The highest BCUT2D eigenvalue weighted by Gasteiger charge is 2.22. The second kappa shape index (κ2) is 8.37. The molecular formula is C19H26ClN5OS. The minimum absolute atomic E-state index is 0.131. The maximum atomic E-state index is 12.8. The maximum Gasteiger partial charge on any atom is 0.271 e. The van der Waals surface area contributed by atoms with Crippen molar-refractivity contribution in [2.45, 2.75) is 57.0 Å². The van der Waals surface area contributed by atoms with Crippen LogP contribution < -0.4 is 10.9 Å². The first-order valence-corrected chi connectivity index (χ1v) is 11.3. The van der Waals surface area contributed by atoms with E-state index in [0.29, 0.717) is 17.6 Å². The van der Waals surface area contributed by atoms with Gasteiger partial charge < -0.3 is 5.32 Å². The minimum Gasteiger partial charge on any atom is -0.351 e. The van der Waals surface area contributed by atoms with E-state index in [-0.39, 0.29) is 16.6 Å². The lowest BCUT2D eigenvalue weighted by Crippen LogP contribution is -2.36. The molecule has 8 heteroatoms. The van der Waals surface area contributed by atoms with Crippen LogP contribution in [0.15, 0.2) is 17.1 Å². The van der Waals surface area contributed by atoms with Gasteiger partial charge in [-0.3, -0.25) is 13.7 Å². The summed E-state index contributed by atoms with van der Waals surface area (Å²) in [6, 6.07) is 2.24. The average Bonchev–Trinajstić information content (AvgIpc) is 2.70. The van der Waals surface area contributed by atoms with Crippen molar-refractivity contribution in [3.63, 3.8) is 0 Å². The Hall–Kier alpha value is -1.31. The highest BCUT2D eigenvalue weighted by molar-refractivity contribution is 7.96. The van der Waals surface area contributed by atoms with E-state index in [2.05, 4.69) is 20.9 Å².